The van der Waals surface area contributed by atoms with Gasteiger partial charge in [0, 0.05) is 75.0 Å². The van der Waals surface area contributed by atoms with E-state index in [9.17, 15) is 0 Å². The molecule has 4 nitrogen and oxygen atoms in total. The molecule has 5 aromatic carbocycles. The molecule has 0 N–H and O–H groups in total. The lowest BCUT2D eigenvalue weighted by Gasteiger charge is -2.15. The topological polar surface area (TPSA) is 43.6 Å². The van der Waals surface area contributed by atoms with E-state index in [0.29, 0.717) is 11.6 Å². The Kier molecular flexibility index (Phi) is 8.82. The van der Waals surface area contributed by atoms with Gasteiger partial charge in [0.2, 0.25) is 0 Å². The van der Waals surface area contributed by atoms with Crippen LogP contribution in [0.1, 0.15) is 48.4 Å². The zero-order chi connectivity index (χ0) is 38.6. The highest BCUT2D eigenvalue weighted by atomic mass is 32.1. The maximum absolute atomic E-state index is 5.30. The average molecular weight is 785 g/mol. The number of aryl methyl sites for hydroxylation is 1. The first-order valence-corrected chi connectivity index (χ1v) is 21.9. The van der Waals surface area contributed by atoms with Gasteiger partial charge in [-0.05, 0) is 78.8 Å². The van der Waals surface area contributed by atoms with Crippen molar-refractivity contribution in [3.63, 3.8) is 0 Å². The van der Waals surface area contributed by atoms with Gasteiger partial charge in [0.1, 0.15) is 5.82 Å². The van der Waals surface area contributed by atoms with Crippen LogP contribution >= 0.6 is 22.7 Å². The van der Waals surface area contributed by atoms with E-state index in [-0.39, 0.29) is 5.92 Å². The number of rotatable bonds is 8. The van der Waals surface area contributed by atoms with E-state index in [2.05, 4.69) is 163 Å². The molecule has 4 heterocycles. The molecule has 0 fully saturated rings. The van der Waals surface area contributed by atoms with Crippen molar-refractivity contribution in [2.24, 2.45) is 0 Å². The third kappa shape index (κ3) is 5.98. The number of allylic oxidation sites excluding steroid dienone is 9. The molecule has 0 bridgehead atoms. The third-order valence-electron chi connectivity index (χ3n) is 11.6. The molecule has 58 heavy (non-hydrogen) atoms. The standard InChI is InChI=1S/C52H40N4S2/c1-2-3-4-5-16-29-56-43-27-25-35(30-41(43)47-44(56)28-26-39-37-21-12-14-23-45(37)58-49(39)47)36-31-40-38-22-13-15-24-46(38)57-48(40)42(32-36)52-54-50(33-17-8-6-9-18-33)53-51(55-52)34-19-10-7-11-20-34/h3-13,15-19,21-22,24-28,30-32,34H,2,14,20,23,29H2,1H3/b4-3-,16-5-. The zero-order valence-electron chi connectivity index (χ0n) is 32.2. The largest absolute Gasteiger partial charge is 0.337 e. The van der Waals surface area contributed by atoms with E-state index >= 15 is 0 Å². The third-order valence-corrected chi connectivity index (χ3v) is 14.1. The molecule has 0 radical (unpaired) electrons. The fourth-order valence-corrected chi connectivity index (χ4v) is 11.3. The number of hydrogen-bond donors (Lipinski definition) is 0. The van der Waals surface area contributed by atoms with Gasteiger partial charge < -0.3 is 4.57 Å². The quantitative estimate of drug-likeness (QED) is 0.144. The van der Waals surface area contributed by atoms with E-state index in [0.717, 1.165) is 54.7 Å². The van der Waals surface area contributed by atoms with E-state index in [1.165, 1.54) is 68.1 Å². The Morgan fingerprint density at radius 3 is 2.43 bits per heavy atom. The molecule has 0 aliphatic heterocycles. The molecule has 11 rings (SSSR count). The summed E-state index contributed by atoms with van der Waals surface area (Å²) in [6, 6.07) is 35.6. The number of benzene rings is 5. The molecule has 0 amide bonds. The Morgan fingerprint density at radius 1 is 0.690 bits per heavy atom. The summed E-state index contributed by atoms with van der Waals surface area (Å²) >= 11 is 3.81. The van der Waals surface area contributed by atoms with Gasteiger partial charge in [0.05, 0.1) is 5.52 Å². The minimum absolute atomic E-state index is 0.0859. The van der Waals surface area contributed by atoms with Crippen LogP contribution in [-0.4, -0.2) is 19.5 Å². The minimum Gasteiger partial charge on any atom is -0.337 e. The lowest BCUT2D eigenvalue weighted by Crippen LogP contribution is -2.08. The first kappa shape index (κ1) is 35.0. The average Bonchev–Trinajstić information content (AvgIpc) is 3.96. The molecule has 1 unspecified atom stereocenters. The van der Waals surface area contributed by atoms with Crippen LogP contribution in [0.3, 0.4) is 0 Å². The second kappa shape index (κ2) is 14.6. The van der Waals surface area contributed by atoms with Crippen LogP contribution in [-0.2, 0) is 13.0 Å². The highest BCUT2D eigenvalue weighted by molar-refractivity contribution is 7.26. The molecule has 2 aliphatic carbocycles. The Bertz CT molecular complexity index is 3220. The number of thiophene rings is 2. The molecule has 6 heteroatoms. The van der Waals surface area contributed by atoms with Crippen molar-refractivity contribution in [2.75, 3.05) is 0 Å². The van der Waals surface area contributed by atoms with E-state index < -0.39 is 0 Å². The minimum atomic E-state index is 0.0859. The monoisotopic (exact) mass is 784 g/mol. The lowest BCUT2D eigenvalue weighted by atomic mass is 9.97. The van der Waals surface area contributed by atoms with Gasteiger partial charge in [0.15, 0.2) is 11.6 Å². The Morgan fingerprint density at radius 2 is 1.53 bits per heavy atom. The van der Waals surface area contributed by atoms with E-state index in [1.807, 2.05) is 28.7 Å². The van der Waals surface area contributed by atoms with Gasteiger partial charge in [-0.1, -0.05) is 128 Å². The van der Waals surface area contributed by atoms with Crippen molar-refractivity contribution in [1.29, 1.82) is 0 Å². The van der Waals surface area contributed by atoms with Crippen LogP contribution in [0.25, 0.3) is 92.0 Å². The maximum atomic E-state index is 5.30. The van der Waals surface area contributed by atoms with Crippen LogP contribution in [0.2, 0.25) is 0 Å². The van der Waals surface area contributed by atoms with Gasteiger partial charge in [-0.15, -0.1) is 22.7 Å². The number of nitrogens with zero attached hydrogens (tertiary/aromatic N) is 4. The summed E-state index contributed by atoms with van der Waals surface area (Å²) in [6.45, 7) is 2.98. The lowest BCUT2D eigenvalue weighted by molar-refractivity contribution is 0.764. The molecular weight excluding hydrogens is 745 g/mol. The predicted octanol–water partition coefficient (Wildman–Crippen LogP) is 14.6. The van der Waals surface area contributed by atoms with Gasteiger partial charge in [-0.25, -0.2) is 15.0 Å². The summed E-state index contributed by atoms with van der Waals surface area (Å²) in [6.07, 6.45) is 26.2. The zero-order valence-corrected chi connectivity index (χ0v) is 33.9. The fraction of sp³-hybridized carbons (Fsp3) is 0.135. The van der Waals surface area contributed by atoms with Crippen LogP contribution in [0.15, 0.2) is 152 Å². The summed E-state index contributed by atoms with van der Waals surface area (Å²) in [7, 11) is 0. The SMILES string of the molecule is CC/C=C\C=C/Cn1c2ccc(-c3cc(-c4nc(-c5ccccc5)nc(C5C=CC=CC5)n4)c4sc5ccccc5c4c3)cc2c2c3sc4c(c3ccc21)C=CCC4. The first-order chi connectivity index (χ1) is 28.7. The summed E-state index contributed by atoms with van der Waals surface area (Å²) in [5.41, 5.74) is 8.30. The molecule has 0 saturated heterocycles. The van der Waals surface area contributed by atoms with Gasteiger partial charge in [0.25, 0.3) is 0 Å². The molecule has 1 atom stereocenters. The van der Waals surface area contributed by atoms with E-state index in [1.54, 1.807) is 0 Å². The Labute approximate surface area is 345 Å². The van der Waals surface area contributed by atoms with Gasteiger partial charge in [-0.2, -0.15) is 0 Å². The Hall–Kier alpha value is -6.21. The van der Waals surface area contributed by atoms with Crippen LogP contribution < -0.4 is 0 Å². The fourth-order valence-electron chi connectivity index (χ4n) is 8.75. The summed E-state index contributed by atoms with van der Waals surface area (Å²) < 4.78 is 6.34. The van der Waals surface area contributed by atoms with Crippen molar-refractivity contribution >= 4 is 80.8 Å². The highest BCUT2D eigenvalue weighted by Gasteiger charge is 2.23. The van der Waals surface area contributed by atoms with Crippen LogP contribution in [0, 0.1) is 0 Å². The number of hydrogen-bond acceptors (Lipinski definition) is 5. The van der Waals surface area contributed by atoms with Gasteiger partial charge in [-0.3, -0.25) is 0 Å². The van der Waals surface area contributed by atoms with Crippen molar-refractivity contribution < 1.29 is 0 Å². The van der Waals surface area contributed by atoms with Crippen LogP contribution in [0.5, 0.6) is 0 Å². The molecule has 4 aromatic heterocycles. The second-order valence-electron chi connectivity index (χ2n) is 15.2. The molecular formula is C52H40N4S2. The predicted molar refractivity (Wildman–Crippen MR) is 249 cm³/mol. The van der Waals surface area contributed by atoms with Crippen molar-refractivity contribution in [1.82, 2.24) is 19.5 Å². The number of fused-ring (bicyclic) bond motifs is 10. The normalized spacial score (nSPS) is 15.4. The highest BCUT2D eigenvalue weighted by Crippen LogP contribution is 2.46. The summed E-state index contributed by atoms with van der Waals surface area (Å²) in [5, 5.41) is 6.49. The molecule has 9 aromatic rings. The molecule has 2 aliphatic rings. The summed E-state index contributed by atoms with van der Waals surface area (Å²) in [5.74, 6) is 2.30. The van der Waals surface area contributed by atoms with Crippen molar-refractivity contribution in [3.05, 3.63) is 168 Å². The van der Waals surface area contributed by atoms with Gasteiger partial charge >= 0.3 is 0 Å². The molecule has 0 spiro atoms. The molecule has 280 valence electrons. The summed E-state index contributed by atoms with van der Waals surface area (Å²) in [4.78, 5) is 17.1. The Balaban J connectivity index is 1.15. The van der Waals surface area contributed by atoms with Crippen LogP contribution in [0.4, 0.5) is 0 Å². The maximum Gasteiger partial charge on any atom is 0.165 e. The number of aromatic nitrogens is 4. The first-order valence-electron chi connectivity index (χ1n) is 20.3. The smallest absolute Gasteiger partial charge is 0.165 e. The second-order valence-corrected chi connectivity index (χ2v) is 17.3. The van der Waals surface area contributed by atoms with Crippen molar-refractivity contribution in [2.45, 2.75) is 45.1 Å². The van der Waals surface area contributed by atoms with Crippen molar-refractivity contribution in [3.8, 4) is 33.9 Å². The van der Waals surface area contributed by atoms with E-state index in [4.69, 9.17) is 15.0 Å². The molecule has 0 saturated carbocycles.